The minimum absolute atomic E-state index is 0.0739. The van der Waals surface area contributed by atoms with E-state index in [1.807, 2.05) is 0 Å². The van der Waals surface area contributed by atoms with Gasteiger partial charge in [-0.05, 0) is 53.8 Å². The van der Waals surface area contributed by atoms with Crippen LogP contribution >= 0.6 is 22.9 Å². The third-order valence-corrected chi connectivity index (χ3v) is 5.56. The van der Waals surface area contributed by atoms with Crippen molar-refractivity contribution in [1.82, 2.24) is 5.32 Å². The molecule has 10 heteroatoms. The Balaban J connectivity index is 1.61. The first kappa shape index (κ1) is 23.5. The fraction of sp³-hybridized carbons (Fsp3) is 0.182. The molecule has 0 unspecified atom stereocenters. The lowest BCUT2D eigenvalue weighted by Crippen LogP contribution is -2.26. The van der Waals surface area contributed by atoms with Gasteiger partial charge in [0, 0.05) is 12.1 Å². The van der Waals surface area contributed by atoms with Crippen molar-refractivity contribution in [1.29, 1.82) is 0 Å². The molecule has 3 rings (SSSR count). The molecule has 0 saturated heterocycles. The minimum Gasteiger partial charge on any atom is -0.493 e. The number of thiophene rings is 1. The van der Waals surface area contributed by atoms with E-state index in [0.717, 1.165) is 0 Å². The van der Waals surface area contributed by atoms with Gasteiger partial charge < -0.3 is 20.1 Å². The molecule has 0 spiro atoms. The van der Waals surface area contributed by atoms with Gasteiger partial charge in [0.25, 0.3) is 11.8 Å². The van der Waals surface area contributed by atoms with Crippen molar-refractivity contribution in [3.05, 3.63) is 74.9 Å². The molecular formula is C22H19ClF2N2O4S. The number of carbonyl (C=O) groups is 2. The summed E-state index contributed by atoms with van der Waals surface area (Å²) in [4.78, 5) is 25.3. The molecule has 32 heavy (non-hydrogen) atoms. The zero-order valence-electron chi connectivity index (χ0n) is 16.9. The quantitative estimate of drug-likeness (QED) is 0.439. The lowest BCUT2D eigenvalue weighted by Gasteiger charge is -2.12. The van der Waals surface area contributed by atoms with Crippen LogP contribution in [0.2, 0.25) is 5.02 Å². The summed E-state index contributed by atoms with van der Waals surface area (Å²) < 4.78 is 34.6. The first-order chi connectivity index (χ1) is 15.4. The van der Waals surface area contributed by atoms with Crippen LogP contribution in [-0.4, -0.2) is 32.1 Å². The van der Waals surface area contributed by atoms with Crippen LogP contribution in [0.3, 0.4) is 0 Å². The van der Waals surface area contributed by atoms with Crippen LogP contribution in [0.25, 0.3) is 0 Å². The Morgan fingerprint density at radius 2 is 1.91 bits per heavy atom. The van der Waals surface area contributed by atoms with Crippen molar-refractivity contribution in [2.75, 3.05) is 19.0 Å². The SMILES string of the molecule is COc1ccc(CCNC(=O)c2ccc(Cl)c(NC(=O)c3cccs3)c2)cc1OC(F)F. The van der Waals surface area contributed by atoms with E-state index >= 15 is 0 Å². The van der Waals surface area contributed by atoms with Gasteiger partial charge in [0.15, 0.2) is 11.5 Å². The van der Waals surface area contributed by atoms with E-state index in [2.05, 4.69) is 15.4 Å². The van der Waals surface area contributed by atoms with Gasteiger partial charge in [0.2, 0.25) is 0 Å². The van der Waals surface area contributed by atoms with Gasteiger partial charge in [-0.1, -0.05) is 23.7 Å². The Morgan fingerprint density at radius 3 is 2.59 bits per heavy atom. The Hall–Kier alpha value is -3.17. The smallest absolute Gasteiger partial charge is 0.387 e. The molecule has 0 aliphatic carbocycles. The number of ether oxygens (including phenoxy) is 2. The topological polar surface area (TPSA) is 76.7 Å². The van der Waals surface area contributed by atoms with Crippen molar-refractivity contribution in [3.8, 4) is 11.5 Å². The van der Waals surface area contributed by atoms with Crippen LogP contribution in [0.5, 0.6) is 11.5 Å². The van der Waals surface area contributed by atoms with Crippen LogP contribution in [0.1, 0.15) is 25.6 Å². The Kier molecular flexibility index (Phi) is 8.02. The summed E-state index contributed by atoms with van der Waals surface area (Å²) in [6, 6.07) is 12.7. The Morgan fingerprint density at radius 1 is 1.09 bits per heavy atom. The second-order valence-corrected chi connectivity index (χ2v) is 7.85. The number of benzene rings is 2. The Bertz CT molecular complexity index is 1090. The number of carbonyl (C=O) groups excluding carboxylic acids is 2. The molecule has 1 heterocycles. The molecule has 6 nitrogen and oxygen atoms in total. The number of alkyl halides is 2. The number of rotatable bonds is 9. The zero-order valence-corrected chi connectivity index (χ0v) is 18.4. The predicted octanol–water partition coefficient (Wildman–Crippen LogP) is 5.24. The summed E-state index contributed by atoms with van der Waals surface area (Å²) in [5.74, 6) is -0.571. The fourth-order valence-electron chi connectivity index (χ4n) is 2.84. The highest BCUT2D eigenvalue weighted by molar-refractivity contribution is 7.12. The van der Waals surface area contributed by atoms with Crippen molar-refractivity contribution < 1.29 is 27.8 Å². The predicted molar refractivity (Wildman–Crippen MR) is 119 cm³/mol. The van der Waals surface area contributed by atoms with Gasteiger partial charge >= 0.3 is 6.61 Å². The molecule has 2 amide bonds. The molecular weight excluding hydrogens is 462 g/mol. The van der Waals surface area contributed by atoms with E-state index in [1.54, 1.807) is 29.6 Å². The van der Waals surface area contributed by atoms with E-state index in [-0.39, 0.29) is 29.9 Å². The maximum absolute atomic E-state index is 12.6. The molecule has 1 aromatic heterocycles. The molecule has 0 bridgehead atoms. The second kappa shape index (κ2) is 10.9. The molecule has 3 aromatic rings. The highest BCUT2D eigenvalue weighted by Gasteiger charge is 2.14. The molecule has 0 aliphatic heterocycles. The average Bonchev–Trinajstić information content (AvgIpc) is 3.30. The van der Waals surface area contributed by atoms with Crippen LogP contribution in [0.15, 0.2) is 53.9 Å². The Labute approximate surface area is 192 Å². The van der Waals surface area contributed by atoms with Gasteiger partial charge in [0.05, 0.1) is 22.7 Å². The summed E-state index contributed by atoms with van der Waals surface area (Å²) >= 11 is 7.44. The van der Waals surface area contributed by atoms with Gasteiger partial charge in [-0.2, -0.15) is 8.78 Å². The highest BCUT2D eigenvalue weighted by atomic mass is 35.5. The number of amides is 2. The number of anilines is 1. The number of hydrogen-bond donors (Lipinski definition) is 2. The number of hydrogen-bond acceptors (Lipinski definition) is 5. The molecule has 2 aromatic carbocycles. The van der Waals surface area contributed by atoms with Crippen molar-refractivity contribution in [2.24, 2.45) is 0 Å². The third kappa shape index (κ3) is 6.18. The van der Waals surface area contributed by atoms with Crippen molar-refractivity contribution in [2.45, 2.75) is 13.0 Å². The van der Waals surface area contributed by atoms with Gasteiger partial charge in [-0.3, -0.25) is 9.59 Å². The van der Waals surface area contributed by atoms with Gasteiger partial charge in [-0.25, -0.2) is 0 Å². The van der Waals surface area contributed by atoms with E-state index in [1.165, 1.54) is 42.7 Å². The normalized spacial score (nSPS) is 10.7. The van der Waals surface area contributed by atoms with E-state index in [9.17, 15) is 18.4 Å². The summed E-state index contributed by atoms with van der Waals surface area (Å²) in [5, 5.41) is 7.53. The summed E-state index contributed by atoms with van der Waals surface area (Å²) in [7, 11) is 1.36. The molecule has 0 fully saturated rings. The third-order valence-electron chi connectivity index (χ3n) is 4.37. The maximum atomic E-state index is 12.6. The standard InChI is InChI=1S/C22H19ClF2N2O4S/c1-30-17-7-4-13(11-18(17)31-22(24)25)8-9-26-20(28)14-5-6-15(23)16(12-14)27-21(29)19-3-2-10-32-19/h2-7,10-12,22H,8-9H2,1H3,(H,26,28)(H,27,29). The van der Waals surface area contributed by atoms with Gasteiger partial charge in [0.1, 0.15) is 0 Å². The number of halogens is 3. The lowest BCUT2D eigenvalue weighted by atomic mass is 10.1. The van der Waals surface area contributed by atoms with Crippen LogP contribution in [0, 0.1) is 0 Å². The minimum atomic E-state index is -2.97. The summed E-state index contributed by atoms with van der Waals surface area (Å²) in [6.07, 6.45) is 0.380. The second-order valence-electron chi connectivity index (χ2n) is 6.50. The van der Waals surface area contributed by atoms with E-state index in [4.69, 9.17) is 16.3 Å². The fourth-order valence-corrected chi connectivity index (χ4v) is 3.62. The monoisotopic (exact) mass is 480 g/mol. The average molecular weight is 481 g/mol. The molecule has 0 saturated carbocycles. The first-order valence-corrected chi connectivity index (χ1v) is 10.7. The number of methoxy groups -OCH3 is 1. The lowest BCUT2D eigenvalue weighted by molar-refractivity contribution is -0.0512. The maximum Gasteiger partial charge on any atom is 0.387 e. The van der Waals surface area contributed by atoms with E-state index in [0.29, 0.717) is 33.1 Å². The first-order valence-electron chi connectivity index (χ1n) is 9.41. The van der Waals surface area contributed by atoms with Crippen molar-refractivity contribution in [3.63, 3.8) is 0 Å². The summed E-state index contributed by atoms with van der Waals surface area (Å²) in [5.41, 5.74) is 1.32. The number of nitrogens with one attached hydrogen (secondary N) is 2. The molecule has 0 atom stereocenters. The van der Waals surface area contributed by atoms with Gasteiger partial charge in [-0.15, -0.1) is 11.3 Å². The van der Waals surface area contributed by atoms with Crippen LogP contribution in [0.4, 0.5) is 14.5 Å². The summed E-state index contributed by atoms with van der Waals surface area (Å²) in [6.45, 7) is -2.73. The largest absolute Gasteiger partial charge is 0.493 e. The molecule has 2 N–H and O–H groups in total. The van der Waals surface area contributed by atoms with Crippen LogP contribution in [-0.2, 0) is 6.42 Å². The van der Waals surface area contributed by atoms with E-state index < -0.39 is 6.61 Å². The van der Waals surface area contributed by atoms with Crippen LogP contribution < -0.4 is 20.1 Å². The van der Waals surface area contributed by atoms with Crippen molar-refractivity contribution >= 4 is 40.4 Å². The molecule has 0 aliphatic rings. The zero-order chi connectivity index (χ0) is 23.1. The molecule has 168 valence electrons. The highest BCUT2D eigenvalue weighted by Crippen LogP contribution is 2.29. The molecule has 0 radical (unpaired) electrons.